The van der Waals surface area contributed by atoms with Crippen molar-refractivity contribution in [1.82, 2.24) is 0 Å². The minimum absolute atomic E-state index is 0. The molecule has 13 nitrogen and oxygen atoms in total. The van der Waals surface area contributed by atoms with E-state index in [4.69, 9.17) is 4.79 Å². The fourth-order valence-corrected chi connectivity index (χ4v) is 4.14. The van der Waals surface area contributed by atoms with Crippen LogP contribution in [0.15, 0.2) is 188 Å². The summed E-state index contributed by atoms with van der Waals surface area (Å²) in [5.41, 5.74) is 11.2. The van der Waals surface area contributed by atoms with Crippen LogP contribution in [0, 0.1) is 0 Å². The van der Waals surface area contributed by atoms with Crippen LogP contribution in [0.2, 0.25) is 0 Å². The molecule has 15 heteroatoms. The molecule has 0 aliphatic rings. The van der Waals surface area contributed by atoms with Gasteiger partial charge >= 0.3 is 34.1 Å². The van der Waals surface area contributed by atoms with Gasteiger partial charge < -0.3 is 46.0 Å². The third-order valence-corrected chi connectivity index (χ3v) is 6.73. The van der Waals surface area contributed by atoms with Crippen LogP contribution in [-0.4, -0.2) is 40.1 Å². The van der Waals surface area contributed by atoms with Gasteiger partial charge in [0.05, 0.1) is 6.29 Å². The minimum atomic E-state index is 0. The van der Waals surface area contributed by atoms with E-state index in [-0.39, 0.29) is 63.1 Å². The van der Waals surface area contributed by atoms with Gasteiger partial charge in [0.1, 0.15) is 29.7 Å². The Labute approximate surface area is 434 Å². The number of phenolic OH excluding ortho intramolecular Hbond substituents is 3. The first kappa shape index (κ1) is 73.8. The van der Waals surface area contributed by atoms with Crippen molar-refractivity contribution in [3.63, 3.8) is 0 Å². The van der Waals surface area contributed by atoms with Crippen LogP contribution < -0.4 is 0 Å². The van der Waals surface area contributed by atoms with E-state index in [0.717, 1.165) is 0 Å². The van der Waals surface area contributed by atoms with Crippen molar-refractivity contribution in [2.45, 2.75) is 96.9 Å². The number of aromatic hydroxyl groups is 3. The molecule has 0 spiro atoms. The van der Waals surface area contributed by atoms with E-state index in [0.29, 0.717) is 39.4 Å². The Hall–Kier alpha value is -6.76. The van der Waals surface area contributed by atoms with Gasteiger partial charge in [-0.1, -0.05) is 230 Å². The number of para-hydroxylation sites is 3. The second-order valence-electron chi connectivity index (χ2n) is 10.3. The van der Waals surface area contributed by atoms with E-state index < -0.39 is 0 Å². The Morgan fingerprint density at radius 3 is 1.06 bits per heavy atom. The van der Waals surface area contributed by atoms with Crippen LogP contribution in [0.4, 0.5) is 22.7 Å². The minimum Gasteiger partial charge on any atom is -0.571 e. The number of phenols is 3. The molecule has 0 bridgehead atoms. The number of carbonyl (C=O) groups is 1. The second-order valence-corrected chi connectivity index (χ2v) is 10.3. The van der Waals surface area contributed by atoms with Crippen molar-refractivity contribution < 1.29 is 59.0 Å². The Morgan fingerprint density at radius 2 is 0.710 bits per heavy atom. The van der Waals surface area contributed by atoms with Gasteiger partial charge in [0.15, 0.2) is 11.7 Å². The summed E-state index contributed by atoms with van der Waals surface area (Å²) < 4.78 is 0. The largest absolute Gasteiger partial charge is 2.00 e. The zero-order valence-corrected chi connectivity index (χ0v) is 44.4. The monoisotopic (exact) mass is 1040 g/mol. The number of benzene rings is 6. The van der Waals surface area contributed by atoms with Gasteiger partial charge in [-0.3, -0.25) is 0 Å². The van der Waals surface area contributed by atoms with Crippen LogP contribution in [0.25, 0.3) is 10.9 Å². The van der Waals surface area contributed by atoms with Gasteiger partial charge in [-0.25, -0.2) is 5.11 Å². The first-order chi connectivity index (χ1) is 33.0. The van der Waals surface area contributed by atoms with Gasteiger partial charge in [0, 0.05) is 11.1 Å². The molecule has 6 rings (SSSR count). The summed E-state index contributed by atoms with van der Waals surface area (Å²) >= 11 is 0. The van der Waals surface area contributed by atoms with E-state index in [1.807, 2.05) is 171 Å². The van der Waals surface area contributed by atoms with Gasteiger partial charge in [0.25, 0.3) is 0 Å². The molecule has 0 amide bonds. The smallest absolute Gasteiger partial charge is 0.571 e. The second kappa shape index (κ2) is 53.9. The summed E-state index contributed by atoms with van der Waals surface area (Å²) in [5.74, 6) is 0.566. The van der Waals surface area contributed by atoms with Crippen molar-refractivity contribution in [2.75, 3.05) is 0 Å². The van der Waals surface area contributed by atoms with Gasteiger partial charge in [-0.2, -0.15) is 6.07 Å². The molecule has 0 unspecified atom stereocenters. The molecule has 0 aliphatic carbocycles. The van der Waals surface area contributed by atoms with Gasteiger partial charge in [-0.05, 0) is 30.0 Å². The molecule has 0 saturated heterocycles. The predicted octanol–water partition coefficient (Wildman–Crippen LogP) is 17.2. The van der Waals surface area contributed by atoms with E-state index in [1.54, 1.807) is 78.9 Å². The number of amidine groups is 2. The van der Waals surface area contributed by atoms with Crippen LogP contribution >= 0.6 is 0 Å². The molecule has 0 atom stereocenters. The zero-order chi connectivity index (χ0) is 51.7. The van der Waals surface area contributed by atoms with Crippen molar-refractivity contribution in [1.29, 1.82) is 0 Å². The Kier molecular flexibility index (Phi) is 57.6. The molecule has 6 aromatic rings. The average Bonchev–Trinajstić information content (AvgIpc) is 3.43. The standard InChI is InChI=1S/C20H14N4O2.C19H15N4O2.7C2H6.CH2O.2Cu/c25-14-16-10-4-5-11-17(16)21-23-20(15-8-2-1-3-9-15)24-22-18-12-6-7-13-19(18)26;24-17-12-6-4-10-15(17)20-22-19(14-8-2-1-3-9-14)23-21-16-11-5-7-13-18(16)25;8*1-2;;/h1-13H,(H-,21,22,23,24,25,26);1-13H,(H2-,20,21,22,23,24,25);7*1-2H3;1H2;;/q-2;-1;;;;;;;;;+1;+2. The third-order valence-electron chi connectivity index (χ3n) is 6.73. The number of rotatable bonds is 9. The fourth-order valence-electron chi connectivity index (χ4n) is 4.14. The number of hydrogen-bond acceptors (Lipinski definition) is 9. The molecule has 0 saturated carbocycles. The van der Waals surface area contributed by atoms with Crippen molar-refractivity contribution >= 4 is 47.5 Å². The number of carbonyl (C=O) groups excluding carboxylic acids is 2. The maximum absolute atomic E-state index is 11.0. The van der Waals surface area contributed by atoms with Crippen LogP contribution in [0.1, 0.15) is 114 Å². The molecule has 0 aromatic heterocycles. The maximum atomic E-state index is 11.0. The molecular formula is C54H73Cu2N8O5. The quantitative estimate of drug-likeness (QED) is 0.0323. The molecule has 381 valence electrons. The summed E-state index contributed by atoms with van der Waals surface area (Å²) in [6.45, 7) is 30.0. The predicted molar refractivity (Wildman–Crippen MR) is 283 cm³/mol. The van der Waals surface area contributed by atoms with Crippen LogP contribution in [0.5, 0.6) is 17.2 Å². The molecule has 0 fully saturated rings. The van der Waals surface area contributed by atoms with E-state index in [2.05, 4.69) is 41.5 Å². The van der Waals surface area contributed by atoms with Crippen LogP contribution in [-0.2, 0) is 43.7 Å². The Bertz CT molecular complexity index is 2210. The SMILES string of the molecule is C=O.CC.CC.CC.CC.CC.CC.CC.O=[C-]c1ccccc1N=NC(=N[N-]c1ccccc1O)c1ccccc1.Oc1ccccc1N=NC(=N[N-]c1ccccc1O)c1ccccc1.[Cu+2].[Cu+]. The summed E-state index contributed by atoms with van der Waals surface area (Å²) in [7, 11) is 0. The molecule has 6 aromatic carbocycles. The number of azo groups is 2. The molecule has 69 heavy (non-hydrogen) atoms. The van der Waals surface area contributed by atoms with Crippen molar-refractivity contribution in [3.8, 4) is 17.2 Å². The first-order valence-electron chi connectivity index (χ1n) is 22.6. The van der Waals surface area contributed by atoms with Gasteiger partial charge in [0.2, 0.25) is 0 Å². The first-order valence-corrected chi connectivity index (χ1v) is 22.6. The maximum Gasteiger partial charge on any atom is 2.00 e. The van der Waals surface area contributed by atoms with Crippen molar-refractivity contribution in [3.05, 3.63) is 185 Å². The van der Waals surface area contributed by atoms with Crippen LogP contribution in [0.3, 0.4) is 0 Å². The zero-order valence-electron chi connectivity index (χ0n) is 42.6. The Balaban J connectivity index is -0.000000218. The van der Waals surface area contributed by atoms with Gasteiger partial charge in [-0.15, -0.1) is 27.0 Å². The third kappa shape index (κ3) is 31.0. The van der Waals surface area contributed by atoms with E-state index in [9.17, 15) is 20.1 Å². The molecule has 0 heterocycles. The molecular weight excluding hydrogens is 968 g/mol. The van der Waals surface area contributed by atoms with E-state index in [1.165, 1.54) is 18.2 Å². The molecule has 1 radical (unpaired) electrons. The summed E-state index contributed by atoms with van der Waals surface area (Å²) in [6, 6.07) is 45.0. The van der Waals surface area contributed by atoms with E-state index >= 15 is 0 Å². The summed E-state index contributed by atoms with van der Waals surface area (Å²) in [5, 5.41) is 54.0. The Morgan fingerprint density at radius 1 is 0.420 bits per heavy atom. The van der Waals surface area contributed by atoms with Crippen molar-refractivity contribution in [2.24, 2.45) is 30.7 Å². The number of nitrogens with zero attached hydrogens (tertiary/aromatic N) is 8. The average molecular weight is 1040 g/mol. The topological polar surface area (TPSA) is 197 Å². The molecule has 3 N–H and O–H groups in total. The molecule has 0 aliphatic heterocycles. The fraction of sp³-hybridized carbons (Fsp3) is 0.259. The number of hydrogen-bond donors (Lipinski definition) is 3. The normalized spacial score (nSPS) is 9.19. The summed E-state index contributed by atoms with van der Waals surface area (Å²) in [6.07, 6.45) is 1.82. The summed E-state index contributed by atoms with van der Waals surface area (Å²) in [4.78, 5) is 19.0.